The van der Waals surface area contributed by atoms with Crippen molar-refractivity contribution in [3.8, 4) is 0 Å². The first kappa shape index (κ1) is 17.7. The predicted octanol–water partition coefficient (Wildman–Crippen LogP) is 1.99. The van der Waals surface area contributed by atoms with Crippen molar-refractivity contribution in [2.45, 2.75) is 31.2 Å². The second-order valence-electron chi connectivity index (χ2n) is 6.75. The smallest absolute Gasteiger partial charge is 0.254 e. The van der Waals surface area contributed by atoms with Crippen LogP contribution in [-0.4, -0.2) is 48.7 Å². The van der Waals surface area contributed by atoms with Crippen LogP contribution in [-0.2, 0) is 14.6 Å². The fourth-order valence-electron chi connectivity index (χ4n) is 3.92. The molecule has 25 heavy (non-hydrogen) atoms. The molecule has 6 nitrogen and oxygen atoms in total. The Morgan fingerprint density at radius 3 is 2.72 bits per heavy atom. The summed E-state index contributed by atoms with van der Waals surface area (Å²) >= 11 is 0. The molecular weight excluding hydrogens is 340 g/mol. The predicted molar refractivity (Wildman–Crippen MR) is 96.2 cm³/mol. The molecule has 0 saturated carbocycles. The summed E-state index contributed by atoms with van der Waals surface area (Å²) in [4.78, 5) is 26.2. The molecule has 1 aromatic rings. The lowest BCUT2D eigenvalue weighted by atomic mass is 9.92. The van der Waals surface area contributed by atoms with Gasteiger partial charge < -0.3 is 10.2 Å². The standard InChI is InChI=1S/C18H22N2O4S/c1-2-16(21)19-15-7-3-6-14(12-15)17(22)20-10-4-8-18(20)9-5-11-25(23,24)13-18/h2-3,6-7,12H,1,4-5,8-11,13H2,(H,19,21). The zero-order valence-electron chi connectivity index (χ0n) is 14.0. The number of nitrogens with one attached hydrogen (secondary N) is 1. The molecule has 2 aliphatic heterocycles. The third-order valence-electron chi connectivity index (χ3n) is 4.99. The Kier molecular flexibility index (Phi) is 4.69. The van der Waals surface area contributed by atoms with E-state index in [-0.39, 0.29) is 23.3 Å². The summed E-state index contributed by atoms with van der Waals surface area (Å²) in [5.74, 6) is -0.261. The Morgan fingerprint density at radius 1 is 1.24 bits per heavy atom. The number of likely N-dealkylation sites (tertiary alicyclic amines) is 1. The van der Waals surface area contributed by atoms with Gasteiger partial charge in [-0.3, -0.25) is 9.59 Å². The van der Waals surface area contributed by atoms with Gasteiger partial charge in [-0.15, -0.1) is 0 Å². The Balaban J connectivity index is 1.86. The number of amides is 2. The minimum absolute atomic E-state index is 0.0542. The van der Waals surface area contributed by atoms with Gasteiger partial charge >= 0.3 is 0 Å². The monoisotopic (exact) mass is 362 g/mol. The van der Waals surface area contributed by atoms with Gasteiger partial charge in [0, 0.05) is 17.8 Å². The minimum Gasteiger partial charge on any atom is -0.332 e. The number of rotatable bonds is 3. The SMILES string of the molecule is C=CC(=O)Nc1cccc(C(=O)N2CCCC23CCCS(=O)(=O)C3)c1. The first-order chi connectivity index (χ1) is 11.9. The summed E-state index contributed by atoms with van der Waals surface area (Å²) < 4.78 is 24.3. The zero-order valence-corrected chi connectivity index (χ0v) is 14.8. The molecule has 2 heterocycles. The van der Waals surface area contributed by atoms with Crippen LogP contribution in [0.25, 0.3) is 0 Å². The van der Waals surface area contributed by atoms with Gasteiger partial charge in [0.25, 0.3) is 5.91 Å². The molecule has 2 saturated heterocycles. The maximum absolute atomic E-state index is 13.0. The molecule has 7 heteroatoms. The quantitative estimate of drug-likeness (QED) is 0.834. The Hall–Kier alpha value is -2.15. The van der Waals surface area contributed by atoms with E-state index in [2.05, 4.69) is 11.9 Å². The molecule has 1 N–H and O–H groups in total. The number of benzene rings is 1. The number of hydrogen-bond donors (Lipinski definition) is 1. The Labute approximate surface area is 147 Å². The highest BCUT2D eigenvalue weighted by Crippen LogP contribution is 2.39. The Morgan fingerprint density at radius 2 is 2.00 bits per heavy atom. The molecule has 0 bridgehead atoms. The Bertz CT molecular complexity index is 818. The first-order valence-electron chi connectivity index (χ1n) is 8.41. The largest absolute Gasteiger partial charge is 0.332 e. The maximum Gasteiger partial charge on any atom is 0.254 e. The van der Waals surface area contributed by atoms with Gasteiger partial charge in [-0.25, -0.2) is 8.42 Å². The third-order valence-corrected chi connectivity index (χ3v) is 6.88. The van der Waals surface area contributed by atoms with Gasteiger partial charge in [-0.2, -0.15) is 0 Å². The summed E-state index contributed by atoms with van der Waals surface area (Å²) in [7, 11) is -3.11. The molecule has 3 rings (SSSR count). The molecule has 0 radical (unpaired) electrons. The molecule has 134 valence electrons. The van der Waals surface area contributed by atoms with Crippen molar-refractivity contribution >= 4 is 27.3 Å². The molecule has 2 fully saturated rings. The lowest BCUT2D eigenvalue weighted by molar-refractivity contribution is -0.111. The van der Waals surface area contributed by atoms with E-state index in [1.54, 1.807) is 29.2 Å². The van der Waals surface area contributed by atoms with Gasteiger partial charge in [0.2, 0.25) is 5.91 Å². The van der Waals surface area contributed by atoms with Crippen LogP contribution in [0.2, 0.25) is 0 Å². The zero-order chi connectivity index (χ0) is 18.1. The summed E-state index contributed by atoms with van der Waals surface area (Å²) in [6.07, 6.45) is 4.03. The van der Waals surface area contributed by atoms with E-state index in [0.717, 1.165) is 25.3 Å². The summed E-state index contributed by atoms with van der Waals surface area (Å²) in [6, 6.07) is 6.71. The molecule has 1 atom stereocenters. The van der Waals surface area contributed by atoms with Crippen molar-refractivity contribution in [1.82, 2.24) is 4.90 Å². The highest BCUT2D eigenvalue weighted by molar-refractivity contribution is 7.91. The third kappa shape index (κ3) is 3.61. The van der Waals surface area contributed by atoms with E-state index in [1.165, 1.54) is 0 Å². The van der Waals surface area contributed by atoms with Crippen LogP contribution in [0.5, 0.6) is 0 Å². The second-order valence-corrected chi connectivity index (χ2v) is 8.94. The van der Waals surface area contributed by atoms with Crippen molar-refractivity contribution in [3.05, 3.63) is 42.5 Å². The molecular formula is C18H22N2O4S. The fraction of sp³-hybridized carbons (Fsp3) is 0.444. The van der Waals surface area contributed by atoms with Crippen molar-refractivity contribution < 1.29 is 18.0 Å². The molecule has 0 aromatic heterocycles. The highest BCUT2D eigenvalue weighted by atomic mass is 32.2. The number of carbonyl (C=O) groups excluding carboxylic acids is 2. The van der Waals surface area contributed by atoms with Crippen LogP contribution < -0.4 is 5.32 Å². The lowest BCUT2D eigenvalue weighted by Crippen LogP contribution is -2.54. The van der Waals surface area contributed by atoms with Gasteiger partial charge in [-0.05, 0) is 50.0 Å². The number of anilines is 1. The summed E-state index contributed by atoms with van der Waals surface area (Å²) in [5, 5.41) is 2.64. The van der Waals surface area contributed by atoms with Crippen molar-refractivity contribution in [1.29, 1.82) is 0 Å². The molecule has 0 aliphatic carbocycles. The van der Waals surface area contributed by atoms with Crippen molar-refractivity contribution in [2.24, 2.45) is 0 Å². The number of nitrogens with zero attached hydrogens (tertiary/aromatic N) is 1. The highest BCUT2D eigenvalue weighted by Gasteiger charge is 2.48. The number of hydrogen-bond acceptors (Lipinski definition) is 4. The molecule has 2 aliphatic rings. The average molecular weight is 362 g/mol. The lowest BCUT2D eigenvalue weighted by Gasteiger charge is -2.41. The van der Waals surface area contributed by atoms with Crippen molar-refractivity contribution in [3.63, 3.8) is 0 Å². The van der Waals surface area contributed by atoms with Crippen LogP contribution in [0.15, 0.2) is 36.9 Å². The first-order valence-corrected chi connectivity index (χ1v) is 10.2. The van der Waals surface area contributed by atoms with Crippen LogP contribution in [0.1, 0.15) is 36.0 Å². The fourth-order valence-corrected chi connectivity index (χ4v) is 5.91. The number of sulfone groups is 1. The van der Waals surface area contributed by atoms with Crippen LogP contribution >= 0.6 is 0 Å². The molecule has 1 aromatic carbocycles. The topological polar surface area (TPSA) is 83.6 Å². The van der Waals surface area contributed by atoms with Gasteiger partial charge in [0.05, 0.1) is 17.0 Å². The minimum atomic E-state index is -3.11. The van der Waals surface area contributed by atoms with Gasteiger partial charge in [0.1, 0.15) is 0 Å². The van der Waals surface area contributed by atoms with Crippen LogP contribution in [0, 0.1) is 0 Å². The van der Waals surface area contributed by atoms with Gasteiger partial charge in [0.15, 0.2) is 9.84 Å². The van der Waals surface area contributed by atoms with E-state index in [4.69, 9.17) is 0 Å². The van der Waals surface area contributed by atoms with E-state index in [9.17, 15) is 18.0 Å². The maximum atomic E-state index is 13.0. The van der Waals surface area contributed by atoms with E-state index in [1.807, 2.05) is 0 Å². The van der Waals surface area contributed by atoms with E-state index >= 15 is 0 Å². The van der Waals surface area contributed by atoms with E-state index in [0.29, 0.717) is 24.2 Å². The normalized spacial score (nSPS) is 24.9. The van der Waals surface area contributed by atoms with Crippen molar-refractivity contribution in [2.75, 3.05) is 23.4 Å². The van der Waals surface area contributed by atoms with Crippen LogP contribution in [0.3, 0.4) is 0 Å². The number of carbonyl (C=O) groups is 2. The average Bonchev–Trinajstić information content (AvgIpc) is 2.95. The van der Waals surface area contributed by atoms with Gasteiger partial charge in [-0.1, -0.05) is 12.6 Å². The molecule has 1 spiro atoms. The summed E-state index contributed by atoms with van der Waals surface area (Å²) in [5.41, 5.74) is 0.389. The van der Waals surface area contributed by atoms with Crippen LogP contribution in [0.4, 0.5) is 5.69 Å². The molecule has 2 amide bonds. The van der Waals surface area contributed by atoms with E-state index < -0.39 is 15.4 Å². The molecule has 1 unspecified atom stereocenters. The second kappa shape index (κ2) is 6.63. The summed E-state index contributed by atoms with van der Waals surface area (Å²) in [6.45, 7) is 3.97.